The Hall–Kier alpha value is -0.0400. The van der Waals surface area contributed by atoms with Crippen LogP contribution in [-0.2, 0) is 4.74 Å². The van der Waals surface area contributed by atoms with E-state index in [0.717, 1.165) is 19.6 Å². The van der Waals surface area contributed by atoms with Crippen LogP contribution in [-0.4, -0.2) is 31.3 Å². The van der Waals surface area contributed by atoms with Crippen LogP contribution in [0.25, 0.3) is 0 Å². The first-order valence-corrected chi connectivity index (χ1v) is 8.52. The van der Waals surface area contributed by atoms with Gasteiger partial charge < -0.3 is 15.8 Å². The highest BCUT2D eigenvalue weighted by Crippen LogP contribution is 2.20. The predicted octanol–water partition coefficient (Wildman–Crippen LogP) is 3.58. The second kappa shape index (κ2) is 11.5. The number of halogens is 1. The molecule has 4 nitrogen and oxygen atoms in total. The van der Waals surface area contributed by atoms with Crippen molar-refractivity contribution < 1.29 is 4.74 Å². The molecule has 0 atom stereocenters. The van der Waals surface area contributed by atoms with Gasteiger partial charge in [0, 0.05) is 19.2 Å². The molecule has 2 fully saturated rings. The fourth-order valence-corrected chi connectivity index (χ4v) is 3.25. The summed E-state index contributed by atoms with van der Waals surface area (Å²) < 4.78 is 5.82. The number of nitrogens with zero attached hydrogens (tertiary/aromatic N) is 1. The van der Waals surface area contributed by atoms with E-state index < -0.39 is 0 Å². The molecule has 2 aliphatic rings. The highest BCUT2D eigenvalue weighted by molar-refractivity contribution is 14.0. The SMILES string of the molecule is I.NC(=NCCCOC1CCCC1)NC1CCCCCC1. The van der Waals surface area contributed by atoms with Gasteiger partial charge in [-0.25, -0.2) is 0 Å². The van der Waals surface area contributed by atoms with Gasteiger partial charge in [-0.1, -0.05) is 38.5 Å². The van der Waals surface area contributed by atoms with Crippen molar-refractivity contribution in [1.82, 2.24) is 5.32 Å². The number of hydrogen-bond donors (Lipinski definition) is 2. The summed E-state index contributed by atoms with van der Waals surface area (Å²) >= 11 is 0. The van der Waals surface area contributed by atoms with Crippen molar-refractivity contribution in [1.29, 1.82) is 0 Å². The van der Waals surface area contributed by atoms with Gasteiger partial charge in [0.05, 0.1) is 6.10 Å². The summed E-state index contributed by atoms with van der Waals surface area (Å²) in [7, 11) is 0. The van der Waals surface area contributed by atoms with Gasteiger partial charge in [0.1, 0.15) is 0 Å². The van der Waals surface area contributed by atoms with E-state index in [0.29, 0.717) is 18.1 Å². The third-order valence-corrected chi connectivity index (χ3v) is 4.45. The van der Waals surface area contributed by atoms with Crippen LogP contribution in [0.15, 0.2) is 4.99 Å². The van der Waals surface area contributed by atoms with Gasteiger partial charge >= 0.3 is 0 Å². The Morgan fingerprint density at radius 2 is 1.62 bits per heavy atom. The second-order valence-corrected chi connectivity index (χ2v) is 6.23. The van der Waals surface area contributed by atoms with Gasteiger partial charge in [0.2, 0.25) is 0 Å². The zero-order valence-electron chi connectivity index (χ0n) is 13.2. The minimum atomic E-state index is 0. The molecule has 0 bridgehead atoms. The van der Waals surface area contributed by atoms with Gasteiger partial charge in [0.15, 0.2) is 5.96 Å². The summed E-state index contributed by atoms with van der Waals surface area (Å²) in [6.45, 7) is 1.60. The van der Waals surface area contributed by atoms with Crippen LogP contribution in [0.5, 0.6) is 0 Å². The van der Waals surface area contributed by atoms with Crippen LogP contribution in [0.4, 0.5) is 0 Å². The molecule has 5 heteroatoms. The molecule has 0 amide bonds. The molecule has 0 aromatic heterocycles. The summed E-state index contributed by atoms with van der Waals surface area (Å²) in [5.41, 5.74) is 5.96. The molecule has 2 aliphatic carbocycles. The summed E-state index contributed by atoms with van der Waals surface area (Å²) in [5.74, 6) is 0.623. The lowest BCUT2D eigenvalue weighted by Crippen LogP contribution is -2.39. The third-order valence-electron chi connectivity index (χ3n) is 4.45. The van der Waals surface area contributed by atoms with Crippen LogP contribution in [0.2, 0.25) is 0 Å². The number of hydrogen-bond acceptors (Lipinski definition) is 2. The molecule has 3 N–H and O–H groups in total. The monoisotopic (exact) mass is 409 g/mol. The summed E-state index contributed by atoms with van der Waals surface area (Å²) in [6, 6.07) is 0.538. The van der Waals surface area contributed by atoms with Gasteiger partial charge in [-0.05, 0) is 32.1 Å². The fourth-order valence-electron chi connectivity index (χ4n) is 3.25. The summed E-state index contributed by atoms with van der Waals surface area (Å²) in [4.78, 5) is 4.42. The Morgan fingerprint density at radius 1 is 1.00 bits per heavy atom. The first-order chi connectivity index (χ1) is 9.84. The van der Waals surface area contributed by atoms with E-state index in [4.69, 9.17) is 10.5 Å². The van der Waals surface area contributed by atoms with E-state index in [2.05, 4.69) is 10.3 Å². The van der Waals surface area contributed by atoms with Gasteiger partial charge in [0.25, 0.3) is 0 Å². The maximum atomic E-state index is 5.96. The average Bonchev–Trinajstić information content (AvgIpc) is 2.83. The highest BCUT2D eigenvalue weighted by atomic mass is 127. The molecule has 0 aromatic carbocycles. The van der Waals surface area contributed by atoms with Gasteiger partial charge in [-0.2, -0.15) is 0 Å². The molecule has 0 heterocycles. The van der Waals surface area contributed by atoms with E-state index in [1.54, 1.807) is 0 Å². The number of nitrogens with one attached hydrogen (secondary N) is 1. The van der Waals surface area contributed by atoms with Crippen LogP contribution in [0.1, 0.15) is 70.6 Å². The molecule has 2 rings (SSSR count). The molecule has 0 saturated heterocycles. The standard InChI is InChI=1S/C16H31N3O.HI/c17-16(19-14-8-3-1-2-4-9-14)18-12-7-13-20-15-10-5-6-11-15;/h14-15H,1-13H2,(H3,17,18,19);1H. The lowest BCUT2D eigenvalue weighted by atomic mass is 10.1. The predicted molar refractivity (Wildman–Crippen MR) is 99.4 cm³/mol. The van der Waals surface area contributed by atoms with E-state index in [9.17, 15) is 0 Å². The Kier molecular flexibility index (Phi) is 10.4. The number of guanidine groups is 1. The lowest BCUT2D eigenvalue weighted by Gasteiger charge is -2.16. The normalized spacial score (nSPS) is 21.8. The zero-order valence-corrected chi connectivity index (χ0v) is 15.5. The van der Waals surface area contributed by atoms with Gasteiger partial charge in [-0.3, -0.25) is 4.99 Å². The van der Waals surface area contributed by atoms with Crippen molar-refractivity contribution in [3.63, 3.8) is 0 Å². The lowest BCUT2D eigenvalue weighted by molar-refractivity contribution is 0.0579. The van der Waals surface area contributed by atoms with Crippen molar-refractivity contribution in [2.75, 3.05) is 13.2 Å². The van der Waals surface area contributed by atoms with E-state index in [1.165, 1.54) is 64.2 Å². The molecular weight excluding hydrogens is 377 g/mol. The van der Waals surface area contributed by atoms with E-state index >= 15 is 0 Å². The minimum absolute atomic E-state index is 0. The Morgan fingerprint density at radius 3 is 2.29 bits per heavy atom. The van der Waals surface area contributed by atoms with Crippen LogP contribution < -0.4 is 11.1 Å². The summed E-state index contributed by atoms with van der Waals surface area (Å²) in [5, 5.41) is 3.38. The quantitative estimate of drug-likeness (QED) is 0.232. The smallest absolute Gasteiger partial charge is 0.188 e. The van der Waals surface area contributed by atoms with Crippen molar-refractivity contribution in [2.24, 2.45) is 10.7 Å². The van der Waals surface area contributed by atoms with E-state index in [-0.39, 0.29) is 24.0 Å². The van der Waals surface area contributed by atoms with E-state index in [1.807, 2.05) is 0 Å². The molecule has 0 aromatic rings. The Balaban J connectivity index is 0.00000220. The first-order valence-electron chi connectivity index (χ1n) is 8.52. The van der Waals surface area contributed by atoms with Crippen LogP contribution in [0.3, 0.4) is 0 Å². The number of ether oxygens (including phenoxy) is 1. The molecule has 2 saturated carbocycles. The van der Waals surface area contributed by atoms with Crippen molar-refractivity contribution in [3.8, 4) is 0 Å². The van der Waals surface area contributed by atoms with Crippen LogP contribution in [0, 0.1) is 0 Å². The molecule has 0 unspecified atom stereocenters. The maximum absolute atomic E-state index is 5.96. The molecule has 0 aliphatic heterocycles. The number of aliphatic imine (C=N–C) groups is 1. The topological polar surface area (TPSA) is 59.6 Å². The first kappa shape index (κ1) is 19.0. The van der Waals surface area contributed by atoms with Gasteiger partial charge in [-0.15, -0.1) is 24.0 Å². The number of rotatable bonds is 6. The molecule has 0 spiro atoms. The van der Waals surface area contributed by atoms with Crippen molar-refractivity contribution >= 4 is 29.9 Å². The molecule has 124 valence electrons. The second-order valence-electron chi connectivity index (χ2n) is 6.23. The largest absolute Gasteiger partial charge is 0.378 e. The summed E-state index contributed by atoms with van der Waals surface area (Å²) in [6.07, 6.45) is 14.5. The maximum Gasteiger partial charge on any atom is 0.188 e. The molecule has 21 heavy (non-hydrogen) atoms. The van der Waals surface area contributed by atoms with Crippen LogP contribution >= 0.6 is 24.0 Å². The fraction of sp³-hybridized carbons (Fsp3) is 0.938. The molecule has 0 radical (unpaired) electrons. The average molecular weight is 409 g/mol. The highest BCUT2D eigenvalue weighted by Gasteiger charge is 2.14. The third kappa shape index (κ3) is 8.24. The Bertz CT molecular complexity index is 285. The zero-order chi connectivity index (χ0) is 14.0. The number of nitrogens with two attached hydrogens (primary N) is 1. The Labute approximate surface area is 146 Å². The molecular formula is C16H32IN3O. The minimum Gasteiger partial charge on any atom is -0.378 e. The van der Waals surface area contributed by atoms with Crippen molar-refractivity contribution in [3.05, 3.63) is 0 Å². The van der Waals surface area contributed by atoms with Crippen molar-refractivity contribution in [2.45, 2.75) is 82.8 Å².